The molecular weight excluding hydrogens is 244 g/mol. The molecular formula is C19H26O. The first-order valence-corrected chi connectivity index (χ1v) is 8.33. The molecule has 0 aliphatic heterocycles. The number of benzene rings is 1. The smallest absolute Gasteiger partial charge is 0.0744 e. The van der Waals surface area contributed by atoms with Crippen LogP contribution in [0.25, 0.3) is 0 Å². The Morgan fingerprint density at radius 2 is 1.55 bits per heavy atom. The van der Waals surface area contributed by atoms with Crippen LogP contribution >= 0.6 is 0 Å². The molecule has 0 aromatic heterocycles. The van der Waals surface area contributed by atoms with Crippen molar-refractivity contribution < 1.29 is 5.11 Å². The fourth-order valence-electron chi connectivity index (χ4n) is 5.53. The van der Waals surface area contributed by atoms with Gasteiger partial charge >= 0.3 is 0 Å². The average Bonchev–Trinajstić information content (AvgIpc) is 2.40. The summed E-state index contributed by atoms with van der Waals surface area (Å²) in [7, 11) is 0. The van der Waals surface area contributed by atoms with E-state index in [0.717, 1.165) is 18.3 Å². The van der Waals surface area contributed by atoms with E-state index in [9.17, 15) is 5.11 Å². The Balaban J connectivity index is 1.62. The van der Waals surface area contributed by atoms with E-state index in [1.54, 1.807) is 0 Å². The Labute approximate surface area is 122 Å². The highest BCUT2D eigenvalue weighted by Crippen LogP contribution is 2.59. The van der Waals surface area contributed by atoms with Crippen LogP contribution in [0.3, 0.4) is 0 Å². The summed E-state index contributed by atoms with van der Waals surface area (Å²) in [6.07, 6.45) is 7.47. The van der Waals surface area contributed by atoms with Crippen LogP contribution in [0.5, 0.6) is 0 Å². The van der Waals surface area contributed by atoms with Crippen LogP contribution in [0.4, 0.5) is 0 Å². The van der Waals surface area contributed by atoms with Crippen molar-refractivity contribution in [2.45, 2.75) is 58.0 Å². The minimum atomic E-state index is -0.408. The largest absolute Gasteiger partial charge is 0.389 e. The Hall–Kier alpha value is -0.820. The summed E-state index contributed by atoms with van der Waals surface area (Å²) in [5, 5.41) is 11.4. The molecule has 1 N–H and O–H groups in total. The summed E-state index contributed by atoms with van der Waals surface area (Å²) in [6, 6.07) is 6.73. The molecule has 4 aliphatic carbocycles. The first-order chi connectivity index (χ1) is 9.54. The quantitative estimate of drug-likeness (QED) is 0.860. The first-order valence-electron chi connectivity index (χ1n) is 8.33. The molecule has 4 bridgehead atoms. The Morgan fingerprint density at radius 1 is 0.950 bits per heavy atom. The van der Waals surface area contributed by atoms with Gasteiger partial charge in [0.15, 0.2) is 0 Å². The van der Waals surface area contributed by atoms with Crippen LogP contribution in [0.15, 0.2) is 18.2 Å². The Bertz CT molecular complexity index is 503. The van der Waals surface area contributed by atoms with E-state index in [-0.39, 0.29) is 0 Å². The lowest BCUT2D eigenvalue weighted by Crippen LogP contribution is -2.58. The van der Waals surface area contributed by atoms with Crippen molar-refractivity contribution in [3.63, 3.8) is 0 Å². The second-order valence-electron chi connectivity index (χ2n) is 7.89. The standard InChI is InChI=1S/C19H26O/c1-12-3-4-14(5-13(12)2)11-19(20)17-7-15-6-16(9-17)10-18(19)8-15/h3-5,15-18,20H,6-11H2,1-2H3. The normalized spacial score (nSPS) is 42.1. The molecule has 4 saturated carbocycles. The minimum Gasteiger partial charge on any atom is -0.389 e. The van der Waals surface area contributed by atoms with Gasteiger partial charge in [0.25, 0.3) is 0 Å². The van der Waals surface area contributed by atoms with Gasteiger partial charge in [-0.05, 0) is 86.3 Å². The summed E-state index contributed by atoms with van der Waals surface area (Å²) in [4.78, 5) is 0. The maximum atomic E-state index is 11.4. The zero-order valence-corrected chi connectivity index (χ0v) is 12.7. The third-order valence-corrected chi connectivity index (χ3v) is 6.61. The van der Waals surface area contributed by atoms with Gasteiger partial charge in [-0.3, -0.25) is 0 Å². The molecule has 20 heavy (non-hydrogen) atoms. The van der Waals surface area contributed by atoms with Gasteiger partial charge in [0, 0.05) is 6.42 Å². The number of hydrogen-bond acceptors (Lipinski definition) is 1. The monoisotopic (exact) mass is 270 g/mol. The summed E-state index contributed by atoms with van der Waals surface area (Å²) >= 11 is 0. The molecule has 0 atom stereocenters. The average molecular weight is 270 g/mol. The molecule has 0 saturated heterocycles. The van der Waals surface area contributed by atoms with Gasteiger partial charge in [0.2, 0.25) is 0 Å². The molecule has 0 unspecified atom stereocenters. The van der Waals surface area contributed by atoms with Crippen molar-refractivity contribution in [3.8, 4) is 0 Å². The van der Waals surface area contributed by atoms with Crippen molar-refractivity contribution in [2.24, 2.45) is 23.7 Å². The third kappa shape index (κ3) is 1.86. The van der Waals surface area contributed by atoms with Gasteiger partial charge in [0.05, 0.1) is 5.60 Å². The predicted octanol–water partition coefficient (Wildman–Crippen LogP) is 4.03. The van der Waals surface area contributed by atoms with E-state index >= 15 is 0 Å². The maximum absolute atomic E-state index is 11.4. The van der Waals surface area contributed by atoms with E-state index in [1.165, 1.54) is 48.8 Å². The molecule has 4 fully saturated rings. The topological polar surface area (TPSA) is 20.2 Å². The van der Waals surface area contributed by atoms with Gasteiger partial charge in [-0.15, -0.1) is 0 Å². The molecule has 1 heteroatoms. The van der Waals surface area contributed by atoms with Gasteiger partial charge < -0.3 is 5.11 Å². The van der Waals surface area contributed by atoms with Crippen molar-refractivity contribution in [3.05, 3.63) is 34.9 Å². The Morgan fingerprint density at radius 3 is 2.10 bits per heavy atom. The molecule has 1 nitrogen and oxygen atoms in total. The molecule has 0 radical (unpaired) electrons. The highest BCUT2D eigenvalue weighted by molar-refractivity contribution is 5.31. The van der Waals surface area contributed by atoms with E-state index in [0.29, 0.717) is 11.8 Å². The van der Waals surface area contributed by atoms with Crippen LogP contribution in [0.1, 0.15) is 48.8 Å². The second-order valence-corrected chi connectivity index (χ2v) is 7.89. The molecule has 108 valence electrons. The number of rotatable bonds is 2. The fourth-order valence-corrected chi connectivity index (χ4v) is 5.53. The van der Waals surface area contributed by atoms with E-state index in [4.69, 9.17) is 0 Å². The lowest BCUT2D eigenvalue weighted by molar-refractivity contribution is -0.171. The van der Waals surface area contributed by atoms with Crippen molar-refractivity contribution >= 4 is 0 Å². The number of aryl methyl sites for hydroxylation is 2. The molecule has 5 rings (SSSR count). The molecule has 1 aromatic carbocycles. The van der Waals surface area contributed by atoms with Crippen LogP contribution in [0.2, 0.25) is 0 Å². The zero-order chi connectivity index (χ0) is 13.9. The summed E-state index contributed by atoms with van der Waals surface area (Å²) < 4.78 is 0. The van der Waals surface area contributed by atoms with E-state index in [2.05, 4.69) is 32.0 Å². The van der Waals surface area contributed by atoms with Crippen LogP contribution in [-0.4, -0.2) is 10.7 Å². The van der Waals surface area contributed by atoms with E-state index < -0.39 is 5.60 Å². The molecule has 0 heterocycles. The first kappa shape index (κ1) is 12.9. The van der Waals surface area contributed by atoms with Gasteiger partial charge in [0.1, 0.15) is 0 Å². The van der Waals surface area contributed by atoms with Gasteiger partial charge in [-0.1, -0.05) is 18.2 Å². The zero-order valence-electron chi connectivity index (χ0n) is 12.7. The molecule has 1 aromatic rings. The second kappa shape index (κ2) is 4.34. The lowest BCUT2D eigenvalue weighted by Gasteiger charge is -2.59. The van der Waals surface area contributed by atoms with Crippen molar-refractivity contribution in [1.29, 1.82) is 0 Å². The maximum Gasteiger partial charge on any atom is 0.0744 e. The van der Waals surface area contributed by atoms with Crippen LogP contribution in [-0.2, 0) is 6.42 Å². The number of aliphatic hydroxyl groups is 1. The lowest BCUT2D eigenvalue weighted by atomic mass is 9.49. The fraction of sp³-hybridized carbons (Fsp3) is 0.684. The summed E-state index contributed by atoms with van der Waals surface area (Å²) in [6.45, 7) is 4.34. The van der Waals surface area contributed by atoms with Crippen molar-refractivity contribution in [1.82, 2.24) is 0 Å². The minimum absolute atomic E-state index is 0.408. The van der Waals surface area contributed by atoms with Crippen LogP contribution < -0.4 is 0 Å². The summed E-state index contributed by atoms with van der Waals surface area (Å²) in [5.74, 6) is 3.00. The van der Waals surface area contributed by atoms with Crippen LogP contribution in [0, 0.1) is 37.5 Å². The highest BCUT2D eigenvalue weighted by Gasteiger charge is 2.56. The Kier molecular flexibility index (Phi) is 2.79. The SMILES string of the molecule is Cc1ccc(CC2(O)C3CC4CC(C3)CC2C4)cc1C. The highest BCUT2D eigenvalue weighted by atomic mass is 16.3. The van der Waals surface area contributed by atoms with Crippen molar-refractivity contribution in [2.75, 3.05) is 0 Å². The molecule has 0 amide bonds. The summed E-state index contributed by atoms with van der Waals surface area (Å²) in [5.41, 5.74) is 3.64. The molecule has 4 aliphatic rings. The van der Waals surface area contributed by atoms with E-state index in [1.807, 2.05) is 0 Å². The number of hydrogen-bond donors (Lipinski definition) is 1. The third-order valence-electron chi connectivity index (χ3n) is 6.61. The van der Waals surface area contributed by atoms with Gasteiger partial charge in [-0.2, -0.15) is 0 Å². The predicted molar refractivity (Wildman–Crippen MR) is 81.6 cm³/mol. The molecule has 0 spiro atoms. The van der Waals surface area contributed by atoms with Gasteiger partial charge in [-0.25, -0.2) is 0 Å².